The molecule has 4 aromatic rings. The van der Waals surface area contributed by atoms with Gasteiger partial charge in [-0.25, -0.2) is 4.98 Å². The summed E-state index contributed by atoms with van der Waals surface area (Å²) in [6.07, 6.45) is 1.73. The molecule has 24 heavy (non-hydrogen) atoms. The lowest BCUT2D eigenvalue weighted by molar-refractivity contribution is 0.752. The molecule has 3 aromatic heterocycles. The molecule has 0 fully saturated rings. The first-order chi connectivity index (χ1) is 11.6. The van der Waals surface area contributed by atoms with Crippen molar-refractivity contribution < 1.29 is 0 Å². The summed E-state index contributed by atoms with van der Waals surface area (Å²) in [5.74, 6) is 0. The van der Waals surface area contributed by atoms with E-state index < -0.39 is 0 Å². The number of nitrogens with zero attached hydrogens (tertiary/aromatic N) is 3. The smallest absolute Gasteiger partial charge is 0.267 e. The first kappa shape index (κ1) is 14.4. The second kappa shape index (κ2) is 5.45. The highest BCUT2D eigenvalue weighted by molar-refractivity contribution is 5.76. The fourth-order valence-corrected chi connectivity index (χ4v) is 2.94. The molecule has 0 spiro atoms. The molecule has 0 aliphatic carbocycles. The molecule has 0 unspecified atom stereocenters. The van der Waals surface area contributed by atoms with Gasteiger partial charge in [0.05, 0.1) is 11.9 Å². The molecule has 118 valence electrons. The van der Waals surface area contributed by atoms with Crippen molar-refractivity contribution in [3.8, 4) is 0 Å². The number of nitrogens with one attached hydrogen (secondary N) is 1. The summed E-state index contributed by atoms with van der Waals surface area (Å²) >= 11 is 0. The van der Waals surface area contributed by atoms with Crippen LogP contribution in [0.1, 0.15) is 11.1 Å². The number of rotatable bonds is 2. The molecule has 1 aromatic carbocycles. The predicted molar refractivity (Wildman–Crippen MR) is 93.1 cm³/mol. The van der Waals surface area contributed by atoms with Gasteiger partial charge in [0.2, 0.25) is 0 Å². The SMILES string of the molecule is Cc1cccn2c(=O)c3ccc(=N)n(Cc4ccccc4)c3nc12. The third kappa shape index (κ3) is 2.22. The molecule has 0 radical (unpaired) electrons. The molecule has 0 aliphatic rings. The van der Waals surface area contributed by atoms with E-state index in [1.54, 1.807) is 27.3 Å². The lowest BCUT2D eigenvalue weighted by atomic mass is 10.2. The highest BCUT2D eigenvalue weighted by Crippen LogP contribution is 2.12. The minimum atomic E-state index is -0.111. The molecule has 0 aliphatic heterocycles. The number of hydrogen-bond acceptors (Lipinski definition) is 3. The second-order valence-electron chi connectivity index (χ2n) is 5.83. The van der Waals surface area contributed by atoms with Gasteiger partial charge in [-0.05, 0) is 36.2 Å². The van der Waals surface area contributed by atoms with Crippen molar-refractivity contribution in [3.05, 3.63) is 87.8 Å². The Hall–Kier alpha value is -3.21. The second-order valence-corrected chi connectivity index (χ2v) is 5.83. The Kier molecular flexibility index (Phi) is 3.27. The molecule has 0 bridgehead atoms. The van der Waals surface area contributed by atoms with Crippen LogP contribution < -0.4 is 11.0 Å². The Labute approximate surface area is 138 Å². The highest BCUT2D eigenvalue weighted by atomic mass is 16.1. The van der Waals surface area contributed by atoms with E-state index in [4.69, 9.17) is 10.4 Å². The van der Waals surface area contributed by atoms with Gasteiger partial charge in [-0.2, -0.15) is 0 Å². The summed E-state index contributed by atoms with van der Waals surface area (Å²) in [6.45, 7) is 2.44. The summed E-state index contributed by atoms with van der Waals surface area (Å²) < 4.78 is 3.34. The zero-order valence-electron chi connectivity index (χ0n) is 13.2. The van der Waals surface area contributed by atoms with Crippen LogP contribution in [-0.2, 0) is 6.54 Å². The third-order valence-corrected chi connectivity index (χ3v) is 4.20. The van der Waals surface area contributed by atoms with Crippen molar-refractivity contribution >= 4 is 16.7 Å². The first-order valence-electron chi connectivity index (χ1n) is 7.75. The van der Waals surface area contributed by atoms with Gasteiger partial charge in [0.15, 0.2) is 0 Å². The molecule has 0 saturated carbocycles. The van der Waals surface area contributed by atoms with Gasteiger partial charge >= 0.3 is 0 Å². The van der Waals surface area contributed by atoms with Gasteiger partial charge in [-0.3, -0.25) is 14.6 Å². The normalized spacial score (nSPS) is 11.2. The minimum Gasteiger partial charge on any atom is -0.306 e. The van der Waals surface area contributed by atoms with E-state index in [0.717, 1.165) is 11.1 Å². The quantitative estimate of drug-likeness (QED) is 0.578. The van der Waals surface area contributed by atoms with Crippen LogP contribution in [0.25, 0.3) is 16.7 Å². The highest BCUT2D eigenvalue weighted by Gasteiger charge is 2.11. The van der Waals surface area contributed by atoms with Crippen LogP contribution in [0.3, 0.4) is 0 Å². The number of aromatic nitrogens is 3. The van der Waals surface area contributed by atoms with Crippen molar-refractivity contribution in [2.75, 3.05) is 0 Å². The van der Waals surface area contributed by atoms with Gasteiger partial charge < -0.3 is 4.57 Å². The molecule has 4 rings (SSSR count). The fraction of sp³-hybridized carbons (Fsp3) is 0.105. The summed E-state index contributed by atoms with van der Waals surface area (Å²) in [5.41, 5.74) is 3.39. The van der Waals surface area contributed by atoms with Crippen molar-refractivity contribution in [2.45, 2.75) is 13.5 Å². The number of pyridine rings is 2. The maximum Gasteiger partial charge on any atom is 0.267 e. The fourth-order valence-electron chi connectivity index (χ4n) is 2.94. The molecule has 0 amide bonds. The maximum atomic E-state index is 12.8. The summed E-state index contributed by atoms with van der Waals surface area (Å²) in [5, 5.41) is 8.77. The number of fused-ring (bicyclic) bond motifs is 2. The third-order valence-electron chi connectivity index (χ3n) is 4.20. The largest absolute Gasteiger partial charge is 0.306 e. The van der Waals surface area contributed by atoms with Crippen molar-refractivity contribution in [1.29, 1.82) is 5.41 Å². The summed E-state index contributed by atoms with van der Waals surface area (Å²) in [6, 6.07) is 17.0. The van der Waals surface area contributed by atoms with Crippen LogP contribution in [0.15, 0.2) is 65.6 Å². The summed E-state index contributed by atoms with van der Waals surface area (Å²) in [4.78, 5) is 17.5. The molecular weight excluding hydrogens is 300 g/mol. The minimum absolute atomic E-state index is 0.111. The van der Waals surface area contributed by atoms with Gasteiger partial charge in [0.25, 0.3) is 5.56 Å². The van der Waals surface area contributed by atoms with Crippen LogP contribution in [-0.4, -0.2) is 14.0 Å². The van der Waals surface area contributed by atoms with Crippen LogP contribution in [0.5, 0.6) is 0 Å². The Morgan fingerprint density at radius 1 is 1.00 bits per heavy atom. The molecule has 0 atom stereocenters. The van der Waals surface area contributed by atoms with E-state index in [2.05, 4.69) is 0 Å². The van der Waals surface area contributed by atoms with Crippen molar-refractivity contribution in [3.63, 3.8) is 0 Å². The Bertz CT molecular complexity index is 1170. The standard InChI is InChI=1S/C19H16N4O/c1-13-6-5-11-22-17(13)21-18-15(19(22)24)9-10-16(20)23(18)12-14-7-3-2-4-8-14/h2-11,20H,12H2,1H3. The van der Waals surface area contributed by atoms with E-state index in [9.17, 15) is 4.79 Å². The van der Waals surface area contributed by atoms with Crippen molar-refractivity contribution in [1.82, 2.24) is 14.0 Å². The van der Waals surface area contributed by atoms with E-state index in [1.165, 1.54) is 0 Å². The molecule has 1 N–H and O–H groups in total. The lowest BCUT2D eigenvalue weighted by Gasteiger charge is -2.12. The topological polar surface area (TPSA) is 63.1 Å². The van der Waals surface area contributed by atoms with E-state index in [0.29, 0.717) is 28.7 Å². The molecule has 5 heteroatoms. The Morgan fingerprint density at radius 2 is 1.79 bits per heavy atom. The van der Waals surface area contributed by atoms with E-state index >= 15 is 0 Å². The monoisotopic (exact) mass is 316 g/mol. The molecular formula is C19H16N4O. The Morgan fingerprint density at radius 3 is 2.58 bits per heavy atom. The Balaban J connectivity index is 2.08. The molecule has 0 saturated heterocycles. The van der Waals surface area contributed by atoms with E-state index in [1.807, 2.05) is 49.4 Å². The zero-order valence-corrected chi connectivity index (χ0v) is 13.2. The van der Waals surface area contributed by atoms with Crippen molar-refractivity contribution in [2.24, 2.45) is 0 Å². The van der Waals surface area contributed by atoms with Crippen LogP contribution >= 0.6 is 0 Å². The van der Waals surface area contributed by atoms with Crippen LogP contribution in [0.4, 0.5) is 0 Å². The predicted octanol–water partition coefficient (Wildman–Crippen LogP) is 2.49. The van der Waals surface area contributed by atoms with Crippen LogP contribution in [0, 0.1) is 12.3 Å². The number of benzene rings is 1. The zero-order chi connectivity index (χ0) is 16.7. The first-order valence-corrected chi connectivity index (χ1v) is 7.75. The number of aryl methyl sites for hydroxylation is 1. The van der Waals surface area contributed by atoms with E-state index in [-0.39, 0.29) is 5.56 Å². The maximum absolute atomic E-state index is 12.8. The lowest BCUT2D eigenvalue weighted by Crippen LogP contribution is -2.25. The van der Waals surface area contributed by atoms with Crippen LogP contribution in [0.2, 0.25) is 0 Å². The molecule has 5 nitrogen and oxygen atoms in total. The number of hydrogen-bond donors (Lipinski definition) is 1. The van der Waals surface area contributed by atoms with Gasteiger partial charge in [-0.15, -0.1) is 0 Å². The average molecular weight is 316 g/mol. The van der Waals surface area contributed by atoms with Gasteiger partial charge in [0.1, 0.15) is 16.8 Å². The average Bonchev–Trinajstić information content (AvgIpc) is 2.60. The van der Waals surface area contributed by atoms with Gasteiger partial charge in [-0.1, -0.05) is 36.4 Å². The molecule has 3 heterocycles. The van der Waals surface area contributed by atoms with Gasteiger partial charge in [0, 0.05) is 6.20 Å². The summed E-state index contributed by atoms with van der Waals surface area (Å²) in [7, 11) is 0.